The molecule has 8 heteroatoms. The lowest BCUT2D eigenvalue weighted by molar-refractivity contribution is 0.397. The van der Waals surface area contributed by atoms with E-state index in [4.69, 9.17) is 10.5 Å². The van der Waals surface area contributed by atoms with E-state index in [0.717, 1.165) is 5.56 Å². The average molecular weight is 310 g/mol. The molecule has 114 valence electrons. The molecule has 0 aliphatic carbocycles. The molecular formula is C13H18N4O3S. The number of nitrogen functional groups attached to an aromatic ring is 1. The second-order valence-electron chi connectivity index (χ2n) is 4.69. The van der Waals surface area contributed by atoms with E-state index in [-0.39, 0.29) is 17.2 Å². The summed E-state index contributed by atoms with van der Waals surface area (Å²) in [6.45, 7) is 0.216. The van der Waals surface area contributed by atoms with E-state index < -0.39 is 10.0 Å². The van der Waals surface area contributed by atoms with Crippen molar-refractivity contribution in [2.24, 2.45) is 7.05 Å². The van der Waals surface area contributed by atoms with E-state index in [1.807, 2.05) is 0 Å². The Balaban J connectivity index is 2.35. The molecule has 0 amide bonds. The van der Waals surface area contributed by atoms with Crippen LogP contribution in [0.4, 0.5) is 5.69 Å². The summed E-state index contributed by atoms with van der Waals surface area (Å²) in [6.07, 6.45) is 3.39. The van der Waals surface area contributed by atoms with Crippen LogP contribution in [-0.4, -0.2) is 36.7 Å². The number of rotatable bonds is 5. The van der Waals surface area contributed by atoms with Crippen LogP contribution >= 0.6 is 0 Å². The highest BCUT2D eigenvalue weighted by atomic mass is 32.2. The van der Waals surface area contributed by atoms with Crippen LogP contribution in [0.5, 0.6) is 5.75 Å². The third kappa shape index (κ3) is 3.17. The van der Waals surface area contributed by atoms with Crippen LogP contribution in [0.1, 0.15) is 5.56 Å². The molecule has 7 nitrogen and oxygen atoms in total. The van der Waals surface area contributed by atoms with Gasteiger partial charge in [0.25, 0.3) is 0 Å². The zero-order valence-corrected chi connectivity index (χ0v) is 13.0. The Morgan fingerprint density at radius 2 is 2.14 bits per heavy atom. The van der Waals surface area contributed by atoms with E-state index in [2.05, 4.69) is 5.10 Å². The summed E-state index contributed by atoms with van der Waals surface area (Å²) in [6, 6.07) is 4.53. The van der Waals surface area contributed by atoms with Crippen molar-refractivity contribution in [2.75, 3.05) is 19.9 Å². The Labute approximate surface area is 124 Å². The van der Waals surface area contributed by atoms with Gasteiger partial charge >= 0.3 is 0 Å². The number of hydrogen-bond acceptors (Lipinski definition) is 5. The number of anilines is 1. The first-order chi connectivity index (χ1) is 9.84. The lowest BCUT2D eigenvalue weighted by Gasteiger charge is -2.18. The van der Waals surface area contributed by atoms with Gasteiger partial charge in [0.05, 0.1) is 13.3 Å². The fourth-order valence-electron chi connectivity index (χ4n) is 1.96. The standard InChI is InChI=1S/C13H18N4O3S/c1-16-8-10(7-15-16)9-17(2)21(18,19)13-6-11(14)4-5-12(13)20-3/h4-8H,9,14H2,1-3H3. The number of benzene rings is 1. The number of nitrogens with two attached hydrogens (primary N) is 1. The van der Waals surface area contributed by atoms with Crippen LogP contribution in [0, 0.1) is 0 Å². The van der Waals surface area contributed by atoms with Crippen LogP contribution in [0.25, 0.3) is 0 Å². The van der Waals surface area contributed by atoms with Crippen molar-refractivity contribution in [3.8, 4) is 5.75 Å². The van der Waals surface area contributed by atoms with Crippen molar-refractivity contribution in [1.29, 1.82) is 0 Å². The normalized spacial score (nSPS) is 11.8. The Morgan fingerprint density at radius 1 is 1.43 bits per heavy atom. The van der Waals surface area contributed by atoms with Crippen molar-refractivity contribution < 1.29 is 13.2 Å². The van der Waals surface area contributed by atoms with Gasteiger partial charge < -0.3 is 10.5 Å². The first-order valence-corrected chi connectivity index (χ1v) is 7.66. The number of ether oxygens (including phenoxy) is 1. The first-order valence-electron chi connectivity index (χ1n) is 6.22. The molecular weight excluding hydrogens is 292 g/mol. The van der Waals surface area contributed by atoms with Crippen molar-refractivity contribution in [3.63, 3.8) is 0 Å². The number of methoxy groups -OCH3 is 1. The Hall–Kier alpha value is -2.06. The van der Waals surface area contributed by atoms with Gasteiger partial charge in [0.15, 0.2) is 0 Å². The summed E-state index contributed by atoms with van der Waals surface area (Å²) in [5.41, 5.74) is 6.85. The van der Waals surface area contributed by atoms with Crippen molar-refractivity contribution >= 4 is 15.7 Å². The fourth-order valence-corrected chi connectivity index (χ4v) is 3.30. The van der Waals surface area contributed by atoms with Gasteiger partial charge in [0, 0.05) is 38.1 Å². The maximum absolute atomic E-state index is 12.6. The van der Waals surface area contributed by atoms with Gasteiger partial charge in [-0.3, -0.25) is 4.68 Å². The van der Waals surface area contributed by atoms with E-state index in [0.29, 0.717) is 5.69 Å². The van der Waals surface area contributed by atoms with Crippen molar-refractivity contribution in [3.05, 3.63) is 36.2 Å². The van der Waals surface area contributed by atoms with Crippen LogP contribution in [0.15, 0.2) is 35.5 Å². The van der Waals surface area contributed by atoms with E-state index in [9.17, 15) is 8.42 Å². The highest BCUT2D eigenvalue weighted by Gasteiger charge is 2.25. The monoisotopic (exact) mass is 310 g/mol. The number of hydrogen-bond donors (Lipinski definition) is 1. The minimum absolute atomic E-state index is 0.0522. The molecule has 0 atom stereocenters. The Bertz CT molecular complexity index is 740. The number of nitrogens with zero attached hydrogens (tertiary/aromatic N) is 3. The van der Waals surface area contributed by atoms with Gasteiger partial charge in [0.2, 0.25) is 10.0 Å². The quantitative estimate of drug-likeness (QED) is 0.826. The predicted molar refractivity (Wildman–Crippen MR) is 79.3 cm³/mol. The van der Waals surface area contributed by atoms with Gasteiger partial charge in [-0.1, -0.05) is 0 Å². The average Bonchev–Trinajstić information content (AvgIpc) is 2.84. The van der Waals surface area contributed by atoms with Crippen LogP contribution < -0.4 is 10.5 Å². The molecule has 0 spiro atoms. The minimum Gasteiger partial charge on any atom is -0.495 e. The van der Waals surface area contributed by atoms with Gasteiger partial charge in [-0.25, -0.2) is 8.42 Å². The van der Waals surface area contributed by atoms with Gasteiger partial charge in [0.1, 0.15) is 10.6 Å². The smallest absolute Gasteiger partial charge is 0.246 e. The number of sulfonamides is 1. The summed E-state index contributed by atoms with van der Waals surface area (Å²) in [7, 11) is 1.00. The highest BCUT2D eigenvalue weighted by Crippen LogP contribution is 2.28. The summed E-state index contributed by atoms with van der Waals surface area (Å²) in [4.78, 5) is 0.0522. The molecule has 0 aliphatic rings. The molecule has 0 unspecified atom stereocenters. The molecule has 0 saturated heterocycles. The lowest BCUT2D eigenvalue weighted by atomic mass is 10.3. The molecule has 2 N–H and O–H groups in total. The van der Waals surface area contributed by atoms with Crippen LogP contribution in [0.3, 0.4) is 0 Å². The second-order valence-corrected chi connectivity index (χ2v) is 6.71. The third-order valence-corrected chi connectivity index (χ3v) is 4.86. The molecule has 2 aromatic rings. The molecule has 2 rings (SSSR count). The van der Waals surface area contributed by atoms with Crippen LogP contribution in [-0.2, 0) is 23.6 Å². The molecule has 0 saturated carbocycles. The van der Waals surface area contributed by atoms with Gasteiger partial charge in [-0.15, -0.1) is 0 Å². The summed E-state index contributed by atoms with van der Waals surface area (Å²) < 4.78 is 33.2. The lowest BCUT2D eigenvalue weighted by Crippen LogP contribution is -2.26. The summed E-state index contributed by atoms with van der Waals surface area (Å²) in [5.74, 6) is 0.266. The maximum atomic E-state index is 12.6. The number of aryl methyl sites for hydroxylation is 1. The SMILES string of the molecule is COc1ccc(N)cc1S(=O)(=O)N(C)Cc1cnn(C)c1. The maximum Gasteiger partial charge on any atom is 0.246 e. The predicted octanol–water partition coefficient (Wildman–Crippen LogP) is 0.832. The van der Waals surface area contributed by atoms with E-state index >= 15 is 0 Å². The molecule has 21 heavy (non-hydrogen) atoms. The number of aromatic nitrogens is 2. The molecule has 1 heterocycles. The largest absolute Gasteiger partial charge is 0.495 e. The van der Waals surface area contributed by atoms with Crippen molar-refractivity contribution in [2.45, 2.75) is 11.4 Å². The highest BCUT2D eigenvalue weighted by molar-refractivity contribution is 7.89. The second kappa shape index (κ2) is 5.74. The molecule has 0 bridgehead atoms. The van der Waals surface area contributed by atoms with E-state index in [1.165, 1.54) is 24.5 Å². The molecule has 0 aliphatic heterocycles. The summed E-state index contributed by atoms with van der Waals surface area (Å²) >= 11 is 0. The Morgan fingerprint density at radius 3 is 2.71 bits per heavy atom. The van der Waals surface area contributed by atoms with Crippen LogP contribution in [0.2, 0.25) is 0 Å². The molecule has 1 aromatic heterocycles. The Kier molecular flexibility index (Phi) is 4.19. The molecule has 0 fully saturated rings. The van der Waals surface area contributed by atoms with Crippen molar-refractivity contribution in [1.82, 2.24) is 14.1 Å². The third-order valence-electron chi connectivity index (χ3n) is 3.04. The molecule has 1 aromatic carbocycles. The van der Waals surface area contributed by atoms with Gasteiger partial charge in [-0.2, -0.15) is 9.40 Å². The minimum atomic E-state index is -3.70. The van der Waals surface area contributed by atoms with E-state index in [1.54, 1.807) is 36.3 Å². The molecule has 0 radical (unpaired) electrons. The fraction of sp³-hybridized carbons (Fsp3) is 0.308. The first kappa shape index (κ1) is 15.3. The summed E-state index contributed by atoms with van der Waals surface area (Å²) in [5, 5.41) is 4.02. The topological polar surface area (TPSA) is 90.4 Å². The zero-order chi connectivity index (χ0) is 15.6. The zero-order valence-electron chi connectivity index (χ0n) is 12.1. The van der Waals surface area contributed by atoms with Gasteiger partial charge in [-0.05, 0) is 18.2 Å².